The number of benzene rings is 2. The maximum atomic E-state index is 12.4. The molecular weight excluding hydrogens is 392 g/mol. The van der Waals surface area contributed by atoms with Crippen LogP contribution in [0.25, 0.3) is 11.3 Å². The zero-order valence-corrected chi connectivity index (χ0v) is 15.0. The third-order valence-corrected chi connectivity index (χ3v) is 4.67. The van der Waals surface area contributed by atoms with Crippen molar-refractivity contribution in [2.24, 2.45) is 0 Å². The van der Waals surface area contributed by atoms with E-state index in [-0.39, 0.29) is 17.4 Å². The van der Waals surface area contributed by atoms with Crippen molar-refractivity contribution in [1.29, 1.82) is 0 Å². The molecule has 0 radical (unpaired) electrons. The van der Waals surface area contributed by atoms with Gasteiger partial charge in [0.1, 0.15) is 0 Å². The highest BCUT2D eigenvalue weighted by molar-refractivity contribution is 9.10. The van der Waals surface area contributed by atoms with E-state index in [1.54, 1.807) is 0 Å². The second-order valence-corrected chi connectivity index (χ2v) is 6.58. The Bertz CT molecular complexity index is 881. The number of carbonyl (C=O) groups excluding carboxylic acids is 1. The van der Waals surface area contributed by atoms with Gasteiger partial charge in [0.05, 0.1) is 17.3 Å². The lowest BCUT2D eigenvalue weighted by Crippen LogP contribution is -2.12. The number of carbonyl (C=O) groups is 1. The minimum Gasteiger partial charge on any atom is -0.503 e. The van der Waals surface area contributed by atoms with Gasteiger partial charge in [-0.25, -0.2) is 4.98 Å². The molecule has 7 heteroatoms. The molecule has 2 aromatic carbocycles. The van der Waals surface area contributed by atoms with Crippen LogP contribution < -0.4 is 10.1 Å². The highest BCUT2D eigenvalue weighted by Gasteiger charge is 2.15. The van der Waals surface area contributed by atoms with Gasteiger partial charge in [-0.3, -0.25) is 10.1 Å². The lowest BCUT2D eigenvalue weighted by molar-refractivity contribution is 0.102. The number of ether oxygens (including phenoxy) is 1. The SMILES string of the molecule is COc1cc(C(=O)Nc2nc(-c3ccccc3)cs2)cc(Br)c1O. The molecule has 0 aliphatic carbocycles. The Balaban J connectivity index is 1.81. The lowest BCUT2D eigenvalue weighted by Gasteiger charge is -2.08. The molecule has 0 saturated heterocycles. The molecule has 1 heterocycles. The van der Waals surface area contributed by atoms with Gasteiger partial charge in [-0.2, -0.15) is 0 Å². The van der Waals surface area contributed by atoms with Gasteiger partial charge in [-0.05, 0) is 28.1 Å². The molecule has 5 nitrogen and oxygen atoms in total. The molecule has 122 valence electrons. The monoisotopic (exact) mass is 404 g/mol. The number of aromatic nitrogens is 1. The number of aromatic hydroxyl groups is 1. The first-order chi connectivity index (χ1) is 11.6. The van der Waals surface area contributed by atoms with Crippen molar-refractivity contribution in [1.82, 2.24) is 4.98 Å². The topological polar surface area (TPSA) is 71.5 Å². The number of anilines is 1. The number of amides is 1. The Morgan fingerprint density at radius 1 is 1.29 bits per heavy atom. The summed E-state index contributed by atoms with van der Waals surface area (Å²) in [6.45, 7) is 0. The van der Waals surface area contributed by atoms with Crippen molar-refractivity contribution in [2.75, 3.05) is 12.4 Å². The summed E-state index contributed by atoms with van der Waals surface area (Å²) < 4.78 is 5.44. The van der Waals surface area contributed by atoms with E-state index in [0.29, 0.717) is 15.2 Å². The third-order valence-electron chi connectivity index (χ3n) is 3.30. The first-order valence-corrected chi connectivity index (χ1v) is 8.64. The van der Waals surface area contributed by atoms with Gasteiger partial charge < -0.3 is 9.84 Å². The second-order valence-electron chi connectivity index (χ2n) is 4.87. The molecule has 0 unspecified atom stereocenters. The molecule has 0 aliphatic heterocycles. The number of phenols is 1. The number of phenolic OH excluding ortho intramolecular Hbond substituents is 1. The molecule has 0 spiro atoms. The van der Waals surface area contributed by atoms with Crippen LogP contribution >= 0.6 is 27.3 Å². The summed E-state index contributed by atoms with van der Waals surface area (Å²) in [5.74, 6) is -0.156. The number of methoxy groups -OCH3 is 1. The summed E-state index contributed by atoms with van der Waals surface area (Å²) in [6.07, 6.45) is 0. The third kappa shape index (κ3) is 3.42. The minimum absolute atomic E-state index is 0.0466. The second kappa shape index (κ2) is 7.02. The number of thiazole rings is 1. The van der Waals surface area contributed by atoms with Crippen molar-refractivity contribution in [3.05, 3.63) is 57.9 Å². The summed E-state index contributed by atoms with van der Waals surface area (Å²) in [4.78, 5) is 16.8. The number of hydrogen-bond acceptors (Lipinski definition) is 5. The van der Waals surface area contributed by atoms with E-state index in [2.05, 4.69) is 26.2 Å². The predicted octanol–water partition coefficient (Wildman–Crippen LogP) is 4.54. The zero-order valence-electron chi connectivity index (χ0n) is 12.6. The van der Waals surface area contributed by atoms with E-state index in [4.69, 9.17) is 4.74 Å². The van der Waals surface area contributed by atoms with E-state index in [1.807, 2.05) is 35.7 Å². The summed E-state index contributed by atoms with van der Waals surface area (Å²) in [5.41, 5.74) is 2.15. The van der Waals surface area contributed by atoms with E-state index < -0.39 is 0 Å². The standard InChI is InChI=1S/C17H13BrN2O3S/c1-23-14-8-11(7-12(18)15(14)21)16(22)20-17-19-13(9-24-17)10-5-3-2-4-6-10/h2-9,21H,1H3,(H,19,20,22). The lowest BCUT2D eigenvalue weighted by atomic mass is 10.2. The summed E-state index contributed by atoms with van der Waals surface area (Å²) in [6, 6.07) is 12.7. The average molecular weight is 405 g/mol. The van der Waals surface area contributed by atoms with E-state index in [1.165, 1.54) is 30.6 Å². The van der Waals surface area contributed by atoms with Crippen molar-refractivity contribution < 1.29 is 14.6 Å². The molecule has 0 aliphatic rings. The normalized spacial score (nSPS) is 10.4. The molecule has 0 atom stereocenters. The fourth-order valence-corrected chi connectivity index (χ4v) is 3.26. The van der Waals surface area contributed by atoms with Gasteiger partial charge in [-0.1, -0.05) is 30.3 Å². The first kappa shape index (κ1) is 16.5. The smallest absolute Gasteiger partial charge is 0.257 e. The zero-order chi connectivity index (χ0) is 17.1. The van der Waals surface area contributed by atoms with Crippen LogP contribution in [-0.4, -0.2) is 23.1 Å². The Morgan fingerprint density at radius 2 is 2.04 bits per heavy atom. The highest BCUT2D eigenvalue weighted by atomic mass is 79.9. The Hall–Kier alpha value is -2.38. The highest BCUT2D eigenvalue weighted by Crippen LogP contribution is 2.35. The maximum Gasteiger partial charge on any atom is 0.257 e. The van der Waals surface area contributed by atoms with Gasteiger partial charge >= 0.3 is 0 Å². The molecule has 0 saturated carbocycles. The molecule has 0 fully saturated rings. The van der Waals surface area contributed by atoms with Crippen molar-refractivity contribution in [3.63, 3.8) is 0 Å². The van der Waals surface area contributed by atoms with Gasteiger partial charge in [0.25, 0.3) is 5.91 Å². The van der Waals surface area contributed by atoms with Crippen LogP contribution in [0.3, 0.4) is 0 Å². The molecule has 1 amide bonds. The molecule has 0 bridgehead atoms. The average Bonchev–Trinajstić information content (AvgIpc) is 3.06. The molecular formula is C17H13BrN2O3S. The predicted molar refractivity (Wildman–Crippen MR) is 97.9 cm³/mol. The van der Waals surface area contributed by atoms with Gasteiger partial charge in [0.2, 0.25) is 0 Å². The van der Waals surface area contributed by atoms with E-state index in [0.717, 1.165) is 11.3 Å². The Kier molecular flexibility index (Phi) is 4.82. The first-order valence-electron chi connectivity index (χ1n) is 6.97. The molecule has 2 N–H and O–H groups in total. The Labute approximate surface area is 151 Å². The van der Waals surface area contributed by atoms with Crippen molar-refractivity contribution >= 4 is 38.3 Å². The van der Waals surface area contributed by atoms with Crippen LogP contribution in [0.1, 0.15) is 10.4 Å². The number of nitrogens with zero attached hydrogens (tertiary/aromatic N) is 1. The van der Waals surface area contributed by atoms with Crippen LogP contribution in [0.4, 0.5) is 5.13 Å². The van der Waals surface area contributed by atoms with Crippen LogP contribution in [0, 0.1) is 0 Å². The summed E-state index contributed by atoms with van der Waals surface area (Å²) >= 11 is 4.55. The number of nitrogens with one attached hydrogen (secondary N) is 1. The number of hydrogen-bond donors (Lipinski definition) is 2. The molecule has 3 rings (SSSR count). The van der Waals surface area contributed by atoms with Crippen molar-refractivity contribution in [3.8, 4) is 22.8 Å². The molecule has 3 aromatic rings. The number of rotatable bonds is 4. The van der Waals surface area contributed by atoms with Crippen molar-refractivity contribution in [2.45, 2.75) is 0 Å². The minimum atomic E-state index is -0.331. The fourth-order valence-electron chi connectivity index (χ4n) is 2.10. The van der Waals surface area contributed by atoms with Gasteiger partial charge in [-0.15, -0.1) is 11.3 Å². The van der Waals surface area contributed by atoms with Gasteiger partial charge in [0, 0.05) is 16.5 Å². The fraction of sp³-hybridized carbons (Fsp3) is 0.0588. The Morgan fingerprint density at radius 3 is 2.75 bits per heavy atom. The van der Waals surface area contributed by atoms with Crippen LogP contribution in [0.15, 0.2) is 52.3 Å². The number of halogens is 1. The molecule has 24 heavy (non-hydrogen) atoms. The van der Waals surface area contributed by atoms with E-state index in [9.17, 15) is 9.90 Å². The van der Waals surface area contributed by atoms with Crippen LogP contribution in [-0.2, 0) is 0 Å². The van der Waals surface area contributed by atoms with Gasteiger partial charge in [0.15, 0.2) is 16.6 Å². The summed E-state index contributed by atoms with van der Waals surface area (Å²) in [7, 11) is 1.43. The van der Waals surface area contributed by atoms with Crippen LogP contribution in [0.2, 0.25) is 0 Å². The summed E-state index contributed by atoms with van der Waals surface area (Å²) in [5, 5.41) is 15.0. The maximum absolute atomic E-state index is 12.4. The molecule has 1 aromatic heterocycles. The van der Waals surface area contributed by atoms with E-state index >= 15 is 0 Å². The van der Waals surface area contributed by atoms with Crippen LogP contribution in [0.5, 0.6) is 11.5 Å². The quantitative estimate of drug-likeness (QED) is 0.669. The largest absolute Gasteiger partial charge is 0.503 e.